The molecule has 1 saturated carbocycles. The smallest absolute Gasteiger partial charge is 0.335 e. The fourth-order valence-electron chi connectivity index (χ4n) is 4.72. The number of hydrogen-bond acceptors (Lipinski definition) is 4. The van der Waals surface area contributed by atoms with E-state index in [2.05, 4.69) is 9.88 Å². The normalized spacial score (nSPS) is 13.7. The van der Waals surface area contributed by atoms with Crippen LogP contribution in [0.3, 0.4) is 0 Å². The van der Waals surface area contributed by atoms with Crippen molar-refractivity contribution in [3.8, 4) is 11.4 Å². The summed E-state index contributed by atoms with van der Waals surface area (Å²) in [6.45, 7) is 0. The lowest BCUT2D eigenvalue weighted by molar-refractivity contribution is 0.0696. The van der Waals surface area contributed by atoms with Gasteiger partial charge in [-0.3, -0.25) is 9.59 Å². The average molecular weight is 469 g/mol. The fraction of sp³-hybridized carbons (Fsp3) is 0.185. The predicted octanol–water partition coefficient (Wildman–Crippen LogP) is 4.87. The number of nitrogens with zero attached hydrogens (tertiary/aromatic N) is 2. The van der Waals surface area contributed by atoms with Crippen LogP contribution in [0.2, 0.25) is 0 Å². The number of carboxylic acid groups (broad SMARTS) is 1. The van der Waals surface area contributed by atoms with Crippen molar-refractivity contribution in [2.24, 2.45) is 5.73 Å². The van der Waals surface area contributed by atoms with E-state index in [1.165, 1.54) is 6.07 Å². The largest absolute Gasteiger partial charge is 0.478 e. The van der Waals surface area contributed by atoms with Gasteiger partial charge in [-0.1, -0.05) is 31.0 Å². The monoisotopic (exact) mass is 468 g/mol. The van der Waals surface area contributed by atoms with Gasteiger partial charge in [0.1, 0.15) is 5.82 Å². The second kappa shape index (κ2) is 9.06. The molecule has 1 fully saturated rings. The van der Waals surface area contributed by atoms with Crippen LogP contribution in [0.4, 0.5) is 5.69 Å². The Kier molecular flexibility index (Phi) is 5.78. The molecule has 0 spiro atoms. The number of carboxylic acids is 1. The van der Waals surface area contributed by atoms with Crippen LogP contribution in [0.25, 0.3) is 22.4 Å². The number of nitrogens with two attached hydrogens (primary N) is 1. The molecule has 176 valence electrons. The standard InChI is InChI=1S/C27H24N4O4/c28-24(32)16-5-4-8-20(14-16)29-26(33)18-7-3-6-17(13-18)25-30-22-15-19(27(34)35)11-12-23(22)31(25)21-9-1-2-10-21/h3-8,11-15,21H,1-2,9-10H2,(H2,28,32)(H,29,33)(H,34,35). The summed E-state index contributed by atoms with van der Waals surface area (Å²) in [5.74, 6) is -1.19. The summed E-state index contributed by atoms with van der Waals surface area (Å²) in [5.41, 5.74) is 9.00. The molecular formula is C27H24N4O4. The van der Waals surface area contributed by atoms with Gasteiger partial charge in [0, 0.05) is 28.4 Å². The predicted molar refractivity (Wildman–Crippen MR) is 133 cm³/mol. The molecule has 0 unspecified atom stereocenters. The van der Waals surface area contributed by atoms with Gasteiger partial charge in [0.2, 0.25) is 5.91 Å². The number of rotatable bonds is 6. The molecule has 4 N–H and O–H groups in total. The van der Waals surface area contributed by atoms with E-state index in [1.54, 1.807) is 48.5 Å². The highest BCUT2D eigenvalue weighted by Gasteiger charge is 2.24. The molecule has 8 nitrogen and oxygen atoms in total. The molecule has 8 heteroatoms. The Labute approximate surface area is 201 Å². The van der Waals surface area contributed by atoms with E-state index in [0.717, 1.165) is 36.8 Å². The number of benzene rings is 3. The highest BCUT2D eigenvalue weighted by Crippen LogP contribution is 2.37. The number of imidazole rings is 1. The number of anilines is 1. The molecule has 3 aromatic carbocycles. The molecular weight excluding hydrogens is 444 g/mol. The molecule has 0 atom stereocenters. The molecule has 35 heavy (non-hydrogen) atoms. The lowest BCUT2D eigenvalue weighted by Gasteiger charge is -2.17. The SMILES string of the molecule is NC(=O)c1cccc(NC(=O)c2cccc(-c3nc4cc(C(=O)O)ccc4n3C3CCCC3)c2)c1. The lowest BCUT2D eigenvalue weighted by Crippen LogP contribution is -2.14. The summed E-state index contributed by atoms with van der Waals surface area (Å²) in [4.78, 5) is 40.7. The first-order chi connectivity index (χ1) is 16.9. The van der Waals surface area contributed by atoms with E-state index >= 15 is 0 Å². The number of hydrogen-bond donors (Lipinski definition) is 3. The van der Waals surface area contributed by atoms with Gasteiger partial charge < -0.3 is 20.7 Å². The first-order valence-corrected chi connectivity index (χ1v) is 11.5. The lowest BCUT2D eigenvalue weighted by atomic mass is 10.1. The van der Waals surface area contributed by atoms with Gasteiger partial charge in [-0.15, -0.1) is 0 Å². The minimum absolute atomic E-state index is 0.187. The van der Waals surface area contributed by atoms with Gasteiger partial charge in [-0.2, -0.15) is 0 Å². The Hall–Kier alpha value is -4.46. The maximum absolute atomic E-state index is 13.0. The van der Waals surface area contributed by atoms with E-state index < -0.39 is 11.9 Å². The van der Waals surface area contributed by atoms with Crippen LogP contribution < -0.4 is 11.1 Å². The summed E-state index contributed by atoms with van der Waals surface area (Å²) in [6.07, 6.45) is 4.30. The minimum Gasteiger partial charge on any atom is -0.478 e. The topological polar surface area (TPSA) is 127 Å². The Morgan fingerprint density at radius 1 is 0.914 bits per heavy atom. The summed E-state index contributed by atoms with van der Waals surface area (Å²) in [7, 11) is 0. The zero-order valence-corrected chi connectivity index (χ0v) is 18.9. The van der Waals surface area contributed by atoms with Crippen LogP contribution in [0, 0.1) is 0 Å². The third kappa shape index (κ3) is 4.38. The first-order valence-electron chi connectivity index (χ1n) is 11.5. The summed E-state index contributed by atoms with van der Waals surface area (Å²) in [6, 6.07) is 18.9. The number of carbonyl (C=O) groups excluding carboxylic acids is 2. The number of nitrogens with one attached hydrogen (secondary N) is 1. The molecule has 1 heterocycles. The highest BCUT2D eigenvalue weighted by molar-refractivity contribution is 6.05. The van der Waals surface area contributed by atoms with Gasteiger partial charge in [0.25, 0.3) is 5.91 Å². The Morgan fingerprint density at radius 3 is 2.40 bits per heavy atom. The van der Waals surface area contributed by atoms with E-state index in [-0.39, 0.29) is 17.5 Å². The van der Waals surface area contributed by atoms with Crippen molar-refractivity contribution in [1.29, 1.82) is 0 Å². The van der Waals surface area contributed by atoms with Gasteiger partial charge in [-0.05, 0) is 61.4 Å². The van der Waals surface area contributed by atoms with Crippen LogP contribution in [-0.4, -0.2) is 32.4 Å². The second-order valence-corrected chi connectivity index (χ2v) is 8.73. The van der Waals surface area contributed by atoms with E-state index in [1.807, 2.05) is 12.1 Å². The number of carbonyl (C=O) groups is 3. The quantitative estimate of drug-likeness (QED) is 0.372. The first kappa shape index (κ1) is 22.3. The molecule has 0 radical (unpaired) electrons. The maximum atomic E-state index is 13.0. The van der Waals surface area contributed by atoms with E-state index in [4.69, 9.17) is 10.7 Å². The number of primary amides is 1. The summed E-state index contributed by atoms with van der Waals surface area (Å²) >= 11 is 0. The molecule has 0 saturated heterocycles. The van der Waals surface area contributed by atoms with Gasteiger partial charge in [-0.25, -0.2) is 9.78 Å². The van der Waals surface area contributed by atoms with E-state index in [9.17, 15) is 19.5 Å². The number of amides is 2. The van der Waals surface area contributed by atoms with Crippen molar-refractivity contribution in [1.82, 2.24) is 9.55 Å². The van der Waals surface area contributed by atoms with Crippen molar-refractivity contribution in [2.75, 3.05) is 5.32 Å². The molecule has 2 amide bonds. The zero-order chi connectivity index (χ0) is 24.5. The van der Waals surface area contributed by atoms with Gasteiger partial charge >= 0.3 is 5.97 Å². The molecule has 5 rings (SSSR count). The molecule has 0 aliphatic heterocycles. The average Bonchev–Trinajstić information content (AvgIpc) is 3.51. The van der Waals surface area contributed by atoms with Gasteiger partial charge in [0.05, 0.1) is 16.6 Å². The van der Waals surface area contributed by atoms with Crippen molar-refractivity contribution in [3.63, 3.8) is 0 Å². The molecule has 1 aromatic heterocycles. The number of aromatic nitrogens is 2. The molecule has 1 aliphatic carbocycles. The summed E-state index contributed by atoms with van der Waals surface area (Å²) in [5, 5.41) is 12.2. The Morgan fingerprint density at radius 2 is 1.66 bits per heavy atom. The highest BCUT2D eigenvalue weighted by atomic mass is 16.4. The maximum Gasteiger partial charge on any atom is 0.335 e. The van der Waals surface area contributed by atoms with Crippen molar-refractivity contribution < 1.29 is 19.5 Å². The zero-order valence-electron chi connectivity index (χ0n) is 18.9. The molecule has 4 aromatic rings. The number of aromatic carboxylic acids is 1. The van der Waals surface area contributed by atoms with Crippen LogP contribution >= 0.6 is 0 Å². The van der Waals surface area contributed by atoms with Crippen molar-refractivity contribution in [3.05, 3.63) is 83.4 Å². The van der Waals surface area contributed by atoms with E-state index in [0.29, 0.717) is 28.2 Å². The number of fused-ring (bicyclic) bond motifs is 1. The van der Waals surface area contributed by atoms with Crippen LogP contribution in [0.1, 0.15) is 62.8 Å². The van der Waals surface area contributed by atoms with Crippen molar-refractivity contribution >= 4 is 34.5 Å². The van der Waals surface area contributed by atoms with Crippen molar-refractivity contribution in [2.45, 2.75) is 31.7 Å². The van der Waals surface area contributed by atoms with Crippen LogP contribution in [0.5, 0.6) is 0 Å². The summed E-state index contributed by atoms with van der Waals surface area (Å²) < 4.78 is 2.18. The third-order valence-corrected chi connectivity index (χ3v) is 6.41. The second-order valence-electron chi connectivity index (χ2n) is 8.73. The van der Waals surface area contributed by atoms with Crippen LogP contribution in [-0.2, 0) is 0 Å². The van der Waals surface area contributed by atoms with Gasteiger partial charge in [0.15, 0.2) is 0 Å². The molecule has 0 bridgehead atoms. The van der Waals surface area contributed by atoms with Crippen LogP contribution in [0.15, 0.2) is 66.7 Å². The Balaban J connectivity index is 1.53. The third-order valence-electron chi connectivity index (χ3n) is 6.41. The Bertz CT molecular complexity index is 1470. The molecule has 1 aliphatic rings. The fourth-order valence-corrected chi connectivity index (χ4v) is 4.72. The minimum atomic E-state index is -0.997.